The molecule has 0 saturated heterocycles. The average Bonchev–Trinajstić information content (AvgIpc) is 2.70. The van der Waals surface area contributed by atoms with E-state index < -0.39 is 14.9 Å². The molecule has 0 atom stereocenters. The highest BCUT2D eigenvalue weighted by Crippen LogP contribution is 2.21. The van der Waals surface area contributed by atoms with Crippen LogP contribution in [-0.2, 0) is 10.0 Å². The molecule has 10 heteroatoms. The zero-order valence-electron chi connectivity index (χ0n) is 14.7. The topological polar surface area (TPSA) is 118 Å². The van der Waals surface area contributed by atoms with Crippen molar-refractivity contribution < 1.29 is 18.1 Å². The van der Waals surface area contributed by atoms with Gasteiger partial charge in [-0.2, -0.15) is 0 Å². The molecule has 0 aliphatic rings. The van der Waals surface area contributed by atoms with Gasteiger partial charge < -0.3 is 5.32 Å². The number of benzene rings is 3. The summed E-state index contributed by atoms with van der Waals surface area (Å²) in [5, 5.41) is 14.1. The van der Waals surface area contributed by atoms with Crippen LogP contribution in [0.5, 0.6) is 0 Å². The molecule has 0 radical (unpaired) electrons. The molecule has 3 rings (SSSR count). The van der Waals surface area contributed by atoms with Gasteiger partial charge in [-0.15, -0.1) is 0 Å². The molecule has 0 spiro atoms. The number of hydrogen-bond donors (Lipinski definition) is 2. The molecule has 0 aliphatic heterocycles. The van der Waals surface area contributed by atoms with Gasteiger partial charge in [-0.1, -0.05) is 17.7 Å². The normalized spacial score (nSPS) is 10.9. The van der Waals surface area contributed by atoms with Crippen molar-refractivity contribution in [2.24, 2.45) is 0 Å². The van der Waals surface area contributed by atoms with Gasteiger partial charge in [0, 0.05) is 34.1 Å². The van der Waals surface area contributed by atoms with Gasteiger partial charge in [0.1, 0.15) is 0 Å². The van der Waals surface area contributed by atoms with Crippen LogP contribution >= 0.6 is 11.6 Å². The zero-order valence-corrected chi connectivity index (χ0v) is 16.3. The van der Waals surface area contributed by atoms with Crippen LogP contribution in [0.2, 0.25) is 5.02 Å². The largest absolute Gasteiger partial charge is 0.322 e. The van der Waals surface area contributed by atoms with Gasteiger partial charge in [0.05, 0.1) is 9.82 Å². The molecular formula is C19H14ClN3O5S. The number of nitro groups is 1. The molecule has 1 amide bonds. The molecule has 2 N–H and O–H groups in total. The molecule has 0 heterocycles. The molecule has 0 unspecified atom stereocenters. The molecule has 29 heavy (non-hydrogen) atoms. The van der Waals surface area contributed by atoms with Crippen LogP contribution in [0.4, 0.5) is 17.1 Å². The van der Waals surface area contributed by atoms with Crippen LogP contribution in [-0.4, -0.2) is 19.2 Å². The van der Waals surface area contributed by atoms with Crippen molar-refractivity contribution in [3.8, 4) is 0 Å². The first kappa shape index (κ1) is 20.3. The van der Waals surface area contributed by atoms with Crippen molar-refractivity contribution in [1.82, 2.24) is 0 Å². The minimum Gasteiger partial charge on any atom is -0.322 e. The fraction of sp³-hybridized carbons (Fsp3) is 0. The number of nitro benzene ring substituents is 1. The van der Waals surface area contributed by atoms with Crippen molar-refractivity contribution in [3.63, 3.8) is 0 Å². The van der Waals surface area contributed by atoms with E-state index in [2.05, 4.69) is 10.0 Å². The fourth-order valence-electron chi connectivity index (χ4n) is 2.40. The quantitative estimate of drug-likeness (QED) is 0.445. The summed E-state index contributed by atoms with van der Waals surface area (Å²) in [6.07, 6.45) is 0. The summed E-state index contributed by atoms with van der Waals surface area (Å²) in [5.41, 5.74) is 0.759. The predicted octanol–water partition coefficient (Wildman–Crippen LogP) is 4.30. The number of non-ortho nitro benzene ring substituents is 1. The van der Waals surface area contributed by atoms with Gasteiger partial charge in [0.2, 0.25) is 0 Å². The number of amides is 1. The molecule has 8 nitrogen and oxygen atoms in total. The van der Waals surface area contributed by atoms with Gasteiger partial charge in [0.25, 0.3) is 21.6 Å². The Labute approximate surface area is 171 Å². The lowest BCUT2D eigenvalue weighted by atomic mass is 10.2. The third-order valence-electron chi connectivity index (χ3n) is 3.84. The van der Waals surface area contributed by atoms with Crippen LogP contribution in [0.1, 0.15) is 10.4 Å². The summed E-state index contributed by atoms with van der Waals surface area (Å²) in [7, 11) is -4.02. The minimum atomic E-state index is -4.02. The number of carbonyl (C=O) groups is 1. The van der Waals surface area contributed by atoms with Crippen molar-refractivity contribution in [2.75, 3.05) is 10.0 Å². The van der Waals surface area contributed by atoms with Gasteiger partial charge in [0.15, 0.2) is 0 Å². The van der Waals surface area contributed by atoms with E-state index in [1.54, 1.807) is 24.3 Å². The zero-order chi connectivity index (χ0) is 21.0. The highest BCUT2D eigenvalue weighted by atomic mass is 35.5. The van der Waals surface area contributed by atoms with Gasteiger partial charge in [-0.05, 0) is 54.6 Å². The molecule has 3 aromatic rings. The molecule has 148 valence electrons. The van der Waals surface area contributed by atoms with E-state index >= 15 is 0 Å². The summed E-state index contributed by atoms with van der Waals surface area (Å²) in [6, 6.07) is 17.1. The monoisotopic (exact) mass is 431 g/mol. The molecule has 0 fully saturated rings. The molecule has 0 aromatic heterocycles. The van der Waals surface area contributed by atoms with Crippen molar-refractivity contribution in [1.29, 1.82) is 0 Å². The van der Waals surface area contributed by atoms with Gasteiger partial charge in [-0.3, -0.25) is 19.6 Å². The van der Waals surface area contributed by atoms with E-state index in [1.807, 2.05) is 0 Å². The number of nitrogens with one attached hydrogen (secondary N) is 2. The van der Waals surface area contributed by atoms with Crippen LogP contribution in [0, 0.1) is 10.1 Å². The smallest absolute Gasteiger partial charge is 0.270 e. The Hall–Kier alpha value is -3.43. The summed E-state index contributed by atoms with van der Waals surface area (Å²) in [5.74, 6) is -0.375. The molecular weight excluding hydrogens is 418 g/mol. The number of carbonyl (C=O) groups excluding carboxylic acids is 1. The Morgan fingerprint density at radius 3 is 2.17 bits per heavy atom. The number of rotatable bonds is 6. The Morgan fingerprint density at radius 1 is 0.931 bits per heavy atom. The lowest BCUT2D eigenvalue weighted by Gasteiger charge is -2.09. The van der Waals surface area contributed by atoms with Crippen LogP contribution in [0.3, 0.4) is 0 Å². The third kappa shape index (κ3) is 5.09. The Kier molecular flexibility index (Phi) is 5.81. The predicted molar refractivity (Wildman–Crippen MR) is 110 cm³/mol. The molecule has 0 aliphatic carbocycles. The van der Waals surface area contributed by atoms with E-state index in [4.69, 9.17) is 11.6 Å². The standard InChI is InChI=1S/C19H14ClN3O5S/c20-14-6-10-15(11-7-14)21-19(24)13-4-8-16(9-5-13)22-29(27,28)18-3-1-2-17(12-18)23(25)26/h1-12,22H,(H,21,24). The van der Waals surface area contributed by atoms with E-state index in [1.165, 1.54) is 42.5 Å². The van der Waals surface area contributed by atoms with Crippen molar-refractivity contribution in [2.45, 2.75) is 4.90 Å². The lowest BCUT2D eigenvalue weighted by molar-refractivity contribution is -0.385. The number of halogens is 1. The average molecular weight is 432 g/mol. The first-order chi connectivity index (χ1) is 13.7. The van der Waals surface area contributed by atoms with Gasteiger partial charge in [-0.25, -0.2) is 8.42 Å². The van der Waals surface area contributed by atoms with E-state index in [0.717, 1.165) is 6.07 Å². The number of anilines is 2. The van der Waals surface area contributed by atoms with Crippen LogP contribution in [0.15, 0.2) is 77.7 Å². The van der Waals surface area contributed by atoms with Crippen molar-refractivity contribution >= 4 is 44.6 Å². The Balaban J connectivity index is 1.72. The number of sulfonamides is 1. The van der Waals surface area contributed by atoms with E-state index in [9.17, 15) is 23.3 Å². The Bertz CT molecular complexity index is 1160. The van der Waals surface area contributed by atoms with E-state index in [-0.39, 0.29) is 22.2 Å². The van der Waals surface area contributed by atoms with Crippen LogP contribution in [0.25, 0.3) is 0 Å². The van der Waals surface area contributed by atoms with Gasteiger partial charge >= 0.3 is 0 Å². The third-order valence-corrected chi connectivity index (χ3v) is 5.47. The molecule has 3 aromatic carbocycles. The first-order valence-corrected chi connectivity index (χ1v) is 10.0. The lowest BCUT2D eigenvalue weighted by Crippen LogP contribution is -2.14. The minimum absolute atomic E-state index is 0.208. The van der Waals surface area contributed by atoms with Crippen molar-refractivity contribution in [3.05, 3.63) is 93.5 Å². The highest BCUT2D eigenvalue weighted by molar-refractivity contribution is 7.92. The maximum atomic E-state index is 12.4. The Morgan fingerprint density at radius 2 is 1.55 bits per heavy atom. The first-order valence-electron chi connectivity index (χ1n) is 8.19. The molecule has 0 saturated carbocycles. The summed E-state index contributed by atoms with van der Waals surface area (Å²) in [6.45, 7) is 0. The maximum absolute atomic E-state index is 12.4. The summed E-state index contributed by atoms with van der Waals surface area (Å²) >= 11 is 5.80. The molecule has 0 bridgehead atoms. The fourth-order valence-corrected chi connectivity index (χ4v) is 3.63. The van der Waals surface area contributed by atoms with E-state index in [0.29, 0.717) is 16.3 Å². The van der Waals surface area contributed by atoms with Crippen LogP contribution < -0.4 is 10.0 Å². The second-order valence-electron chi connectivity index (χ2n) is 5.90. The summed E-state index contributed by atoms with van der Waals surface area (Å²) in [4.78, 5) is 22.2. The highest BCUT2D eigenvalue weighted by Gasteiger charge is 2.18. The number of nitrogens with zero attached hydrogens (tertiary/aromatic N) is 1. The number of hydrogen-bond acceptors (Lipinski definition) is 5. The second kappa shape index (κ2) is 8.29. The maximum Gasteiger partial charge on any atom is 0.270 e. The second-order valence-corrected chi connectivity index (χ2v) is 8.02. The summed E-state index contributed by atoms with van der Waals surface area (Å²) < 4.78 is 27.2. The SMILES string of the molecule is O=C(Nc1ccc(Cl)cc1)c1ccc(NS(=O)(=O)c2cccc([N+](=O)[O-])c2)cc1.